The van der Waals surface area contributed by atoms with Crippen LogP contribution >= 0.6 is 11.6 Å². The molecular weight excluding hydrogens is 282 g/mol. The quantitative estimate of drug-likeness (QED) is 0.732. The maximum absolute atomic E-state index is 6.08. The number of anilines is 1. The van der Waals surface area contributed by atoms with Crippen LogP contribution in [-0.2, 0) is 0 Å². The van der Waals surface area contributed by atoms with Gasteiger partial charge in [0, 0.05) is 28.8 Å². The fourth-order valence-electron chi connectivity index (χ4n) is 2.50. The number of halogens is 1. The second-order valence-electron chi connectivity index (χ2n) is 5.18. The molecule has 0 aliphatic heterocycles. The van der Waals surface area contributed by atoms with Gasteiger partial charge in [0.15, 0.2) is 0 Å². The third-order valence-electron chi connectivity index (χ3n) is 3.81. The van der Waals surface area contributed by atoms with Gasteiger partial charge in [-0.1, -0.05) is 25.4 Å². The lowest BCUT2D eigenvalue weighted by Gasteiger charge is -2.17. The number of hydrogen-bond acceptors (Lipinski definition) is 3. The monoisotopic (exact) mass is 305 g/mol. The van der Waals surface area contributed by atoms with E-state index in [4.69, 9.17) is 11.6 Å². The van der Waals surface area contributed by atoms with Crippen LogP contribution in [0.25, 0.3) is 10.9 Å². The molecule has 0 spiro atoms. The molecule has 1 aromatic heterocycles. The number of pyridine rings is 1. The number of benzene rings is 1. The maximum atomic E-state index is 6.08. The van der Waals surface area contributed by atoms with Crippen LogP contribution < -0.4 is 5.32 Å². The molecule has 0 atom stereocenters. The van der Waals surface area contributed by atoms with Crippen molar-refractivity contribution in [1.82, 2.24) is 9.88 Å². The smallest absolute Gasteiger partial charge is 0.0723 e. The molecule has 0 unspecified atom stereocenters. The zero-order valence-electron chi connectivity index (χ0n) is 12.9. The minimum atomic E-state index is 0.750. The van der Waals surface area contributed by atoms with Gasteiger partial charge in [0.2, 0.25) is 0 Å². The average Bonchev–Trinajstić information content (AvgIpc) is 2.51. The summed E-state index contributed by atoms with van der Waals surface area (Å²) < 4.78 is 0. The largest absolute Gasteiger partial charge is 0.384 e. The van der Waals surface area contributed by atoms with Crippen LogP contribution in [0.1, 0.15) is 26.7 Å². The number of hydrogen-bond donors (Lipinski definition) is 1. The molecule has 0 aliphatic carbocycles. The van der Waals surface area contributed by atoms with Crippen molar-refractivity contribution in [3.05, 3.63) is 35.5 Å². The van der Waals surface area contributed by atoms with E-state index in [0.29, 0.717) is 0 Å². The first-order chi connectivity index (χ1) is 10.2. The first-order valence-electron chi connectivity index (χ1n) is 7.75. The van der Waals surface area contributed by atoms with Crippen molar-refractivity contribution < 1.29 is 0 Å². The molecule has 0 fully saturated rings. The van der Waals surface area contributed by atoms with Gasteiger partial charge < -0.3 is 10.2 Å². The van der Waals surface area contributed by atoms with Crippen LogP contribution in [0.3, 0.4) is 0 Å². The number of unbranched alkanes of at least 4 members (excludes halogenated alkanes) is 1. The van der Waals surface area contributed by atoms with Gasteiger partial charge in [-0.25, -0.2) is 0 Å². The van der Waals surface area contributed by atoms with Crippen molar-refractivity contribution in [2.45, 2.75) is 26.7 Å². The fourth-order valence-corrected chi connectivity index (χ4v) is 2.67. The highest BCUT2D eigenvalue weighted by atomic mass is 35.5. The number of rotatable bonds is 8. The SMILES string of the molecule is CCN(CC)CCCCNc1ccnc2ccc(Cl)cc12. The van der Waals surface area contributed by atoms with Crippen LogP contribution in [0.15, 0.2) is 30.5 Å². The lowest BCUT2D eigenvalue weighted by atomic mass is 10.2. The highest BCUT2D eigenvalue weighted by Crippen LogP contribution is 2.24. The predicted octanol–water partition coefficient (Wildman–Crippen LogP) is 4.42. The molecular formula is C17H24ClN3. The molecule has 0 amide bonds. The summed E-state index contributed by atoms with van der Waals surface area (Å²) in [6.07, 6.45) is 4.23. The number of nitrogens with one attached hydrogen (secondary N) is 1. The van der Waals surface area contributed by atoms with Gasteiger partial charge in [-0.05, 0) is 56.7 Å². The Balaban J connectivity index is 1.87. The average molecular weight is 306 g/mol. The van der Waals surface area contributed by atoms with Gasteiger partial charge in [0.1, 0.15) is 0 Å². The summed E-state index contributed by atoms with van der Waals surface area (Å²) in [5.74, 6) is 0. The van der Waals surface area contributed by atoms with Crippen LogP contribution in [0.4, 0.5) is 5.69 Å². The van der Waals surface area contributed by atoms with Crippen LogP contribution in [0, 0.1) is 0 Å². The molecule has 0 radical (unpaired) electrons. The number of nitrogens with zero attached hydrogens (tertiary/aromatic N) is 2. The van der Waals surface area contributed by atoms with Crippen molar-refractivity contribution in [2.75, 3.05) is 31.5 Å². The summed E-state index contributed by atoms with van der Waals surface area (Å²) in [6.45, 7) is 8.86. The molecule has 0 bridgehead atoms. The first-order valence-corrected chi connectivity index (χ1v) is 8.13. The van der Waals surface area contributed by atoms with E-state index in [-0.39, 0.29) is 0 Å². The lowest BCUT2D eigenvalue weighted by molar-refractivity contribution is 0.298. The van der Waals surface area contributed by atoms with E-state index < -0.39 is 0 Å². The third kappa shape index (κ3) is 4.58. The second kappa shape index (κ2) is 8.20. The minimum Gasteiger partial charge on any atom is -0.384 e. The summed E-state index contributed by atoms with van der Waals surface area (Å²) in [5.41, 5.74) is 2.10. The van der Waals surface area contributed by atoms with Crippen molar-refractivity contribution in [1.29, 1.82) is 0 Å². The summed E-state index contributed by atoms with van der Waals surface area (Å²) in [7, 11) is 0. The van der Waals surface area contributed by atoms with Crippen LogP contribution in [0.2, 0.25) is 5.02 Å². The van der Waals surface area contributed by atoms with Gasteiger partial charge in [-0.3, -0.25) is 4.98 Å². The van der Waals surface area contributed by atoms with E-state index >= 15 is 0 Å². The van der Waals surface area contributed by atoms with E-state index in [9.17, 15) is 0 Å². The maximum Gasteiger partial charge on any atom is 0.0723 e. The molecule has 1 aromatic carbocycles. The Hall–Kier alpha value is -1.32. The fraction of sp³-hybridized carbons (Fsp3) is 0.471. The van der Waals surface area contributed by atoms with E-state index in [2.05, 4.69) is 29.0 Å². The minimum absolute atomic E-state index is 0.750. The Morgan fingerprint density at radius 2 is 1.95 bits per heavy atom. The van der Waals surface area contributed by atoms with Gasteiger partial charge >= 0.3 is 0 Å². The standard InChI is InChI=1S/C17H24ClN3/c1-3-21(4-2)12-6-5-10-19-17-9-11-20-16-8-7-14(18)13-15(16)17/h7-9,11,13H,3-6,10,12H2,1-2H3,(H,19,20). The predicted molar refractivity (Wildman–Crippen MR) is 92.3 cm³/mol. The Kier molecular flexibility index (Phi) is 6.27. The molecule has 114 valence electrons. The molecule has 0 saturated heterocycles. The Labute approximate surface area is 132 Å². The first kappa shape index (κ1) is 16.1. The summed E-state index contributed by atoms with van der Waals surface area (Å²) in [5, 5.41) is 5.35. The molecule has 3 nitrogen and oxygen atoms in total. The molecule has 0 saturated carbocycles. The van der Waals surface area contributed by atoms with Crippen molar-refractivity contribution in [2.24, 2.45) is 0 Å². The Morgan fingerprint density at radius 3 is 2.71 bits per heavy atom. The highest BCUT2D eigenvalue weighted by Gasteiger charge is 2.03. The molecule has 21 heavy (non-hydrogen) atoms. The molecule has 4 heteroatoms. The molecule has 1 N–H and O–H groups in total. The van der Waals surface area contributed by atoms with Crippen molar-refractivity contribution >= 4 is 28.2 Å². The van der Waals surface area contributed by atoms with Crippen molar-refractivity contribution in [3.8, 4) is 0 Å². The van der Waals surface area contributed by atoms with Gasteiger partial charge in [-0.15, -0.1) is 0 Å². The normalized spacial score (nSPS) is 11.2. The van der Waals surface area contributed by atoms with Gasteiger partial charge in [0.25, 0.3) is 0 Å². The molecule has 0 aliphatic rings. The summed E-state index contributed by atoms with van der Waals surface area (Å²) in [4.78, 5) is 6.83. The zero-order valence-corrected chi connectivity index (χ0v) is 13.7. The lowest BCUT2D eigenvalue weighted by Crippen LogP contribution is -2.24. The highest BCUT2D eigenvalue weighted by molar-refractivity contribution is 6.31. The molecule has 1 heterocycles. The number of fused-ring (bicyclic) bond motifs is 1. The van der Waals surface area contributed by atoms with E-state index in [1.807, 2.05) is 30.5 Å². The van der Waals surface area contributed by atoms with Crippen molar-refractivity contribution in [3.63, 3.8) is 0 Å². The van der Waals surface area contributed by atoms with E-state index in [1.165, 1.54) is 19.4 Å². The number of aromatic nitrogens is 1. The zero-order chi connectivity index (χ0) is 15.1. The molecule has 2 rings (SSSR count). The van der Waals surface area contributed by atoms with E-state index in [1.54, 1.807) is 0 Å². The molecule has 2 aromatic rings. The second-order valence-corrected chi connectivity index (χ2v) is 5.62. The van der Waals surface area contributed by atoms with Gasteiger partial charge in [0.05, 0.1) is 5.52 Å². The van der Waals surface area contributed by atoms with Gasteiger partial charge in [-0.2, -0.15) is 0 Å². The Morgan fingerprint density at radius 1 is 1.14 bits per heavy atom. The topological polar surface area (TPSA) is 28.2 Å². The third-order valence-corrected chi connectivity index (χ3v) is 4.05. The summed E-state index contributed by atoms with van der Waals surface area (Å²) >= 11 is 6.08. The van der Waals surface area contributed by atoms with Crippen LogP contribution in [-0.4, -0.2) is 36.1 Å². The van der Waals surface area contributed by atoms with Crippen LogP contribution in [0.5, 0.6) is 0 Å². The Bertz CT molecular complexity index is 567. The van der Waals surface area contributed by atoms with E-state index in [0.717, 1.165) is 41.2 Å². The summed E-state index contributed by atoms with van der Waals surface area (Å²) in [6, 6.07) is 7.83.